The van der Waals surface area contributed by atoms with E-state index in [1.54, 1.807) is 0 Å². The molecule has 2 heterocycles. The number of H-pyrrole nitrogens is 1. The van der Waals surface area contributed by atoms with Crippen molar-refractivity contribution in [1.82, 2.24) is 15.0 Å². The number of nitrogens with one attached hydrogen (secondary N) is 1. The van der Waals surface area contributed by atoms with E-state index in [2.05, 4.69) is 27.9 Å². The summed E-state index contributed by atoms with van der Waals surface area (Å²) in [6.07, 6.45) is 2.77. The van der Waals surface area contributed by atoms with Crippen molar-refractivity contribution in [2.75, 3.05) is 0 Å². The van der Waals surface area contributed by atoms with Gasteiger partial charge in [0.25, 0.3) is 0 Å². The smallest absolute Gasteiger partial charge is 0.158 e. The van der Waals surface area contributed by atoms with Crippen LogP contribution in [-0.4, -0.2) is 15.0 Å². The monoisotopic (exact) mass is 259 g/mol. The summed E-state index contributed by atoms with van der Waals surface area (Å²) in [5.41, 5.74) is 5.32. The predicted molar refractivity (Wildman–Crippen MR) is 76.2 cm³/mol. The highest BCUT2D eigenvalue weighted by Crippen LogP contribution is 2.19. The SMILES string of the molecule is CCc1[nH]c(-c2ncc(C)cc2C)nc(=S)c1C. The summed E-state index contributed by atoms with van der Waals surface area (Å²) in [7, 11) is 0. The van der Waals surface area contributed by atoms with Crippen LogP contribution in [0.15, 0.2) is 12.3 Å². The fraction of sp³-hybridized carbons (Fsp3) is 0.357. The maximum Gasteiger partial charge on any atom is 0.158 e. The van der Waals surface area contributed by atoms with Crippen LogP contribution in [0, 0.1) is 25.4 Å². The van der Waals surface area contributed by atoms with Crippen molar-refractivity contribution >= 4 is 12.2 Å². The number of nitrogens with zero attached hydrogens (tertiary/aromatic N) is 2. The first-order chi connectivity index (χ1) is 8.52. The predicted octanol–water partition coefficient (Wildman–Crippen LogP) is 3.69. The molecule has 0 spiro atoms. The molecule has 0 aliphatic carbocycles. The van der Waals surface area contributed by atoms with Crippen LogP contribution in [0.1, 0.15) is 29.3 Å². The van der Waals surface area contributed by atoms with Crippen molar-refractivity contribution in [2.24, 2.45) is 0 Å². The summed E-state index contributed by atoms with van der Waals surface area (Å²) in [4.78, 5) is 12.2. The van der Waals surface area contributed by atoms with Gasteiger partial charge in [0.15, 0.2) is 5.82 Å². The molecule has 0 saturated carbocycles. The molecule has 18 heavy (non-hydrogen) atoms. The van der Waals surface area contributed by atoms with Crippen LogP contribution in [0.4, 0.5) is 0 Å². The molecule has 94 valence electrons. The molecule has 0 bridgehead atoms. The quantitative estimate of drug-likeness (QED) is 0.836. The highest BCUT2D eigenvalue weighted by Gasteiger charge is 2.09. The van der Waals surface area contributed by atoms with E-state index < -0.39 is 0 Å². The highest BCUT2D eigenvalue weighted by atomic mass is 32.1. The number of hydrogen-bond donors (Lipinski definition) is 1. The molecule has 2 aromatic heterocycles. The lowest BCUT2D eigenvalue weighted by Gasteiger charge is -2.09. The van der Waals surface area contributed by atoms with Gasteiger partial charge in [-0.1, -0.05) is 25.2 Å². The van der Waals surface area contributed by atoms with Crippen molar-refractivity contribution in [3.63, 3.8) is 0 Å². The standard InChI is InChI=1S/C14H17N3S/c1-5-11-10(4)14(18)17-13(16-11)12-9(3)6-8(2)7-15-12/h6-7H,5H2,1-4H3,(H,16,17,18). The van der Waals surface area contributed by atoms with Crippen LogP contribution in [-0.2, 0) is 6.42 Å². The maximum atomic E-state index is 5.30. The molecule has 2 aromatic rings. The molecule has 0 aliphatic heterocycles. The van der Waals surface area contributed by atoms with E-state index in [1.165, 1.54) is 0 Å². The summed E-state index contributed by atoms with van der Waals surface area (Å²) in [6, 6.07) is 2.10. The molecule has 3 nitrogen and oxygen atoms in total. The topological polar surface area (TPSA) is 41.6 Å². The van der Waals surface area contributed by atoms with Crippen molar-refractivity contribution in [3.8, 4) is 11.5 Å². The summed E-state index contributed by atoms with van der Waals surface area (Å²) in [6.45, 7) is 8.18. The second-order valence-electron chi connectivity index (χ2n) is 4.53. The maximum absolute atomic E-state index is 5.30. The number of pyridine rings is 1. The van der Waals surface area contributed by atoms with Gasteiger partial charge in [-0.2, -0.15) is 0 Å². The van der Waals surface area contributed by atoms with Crippen molar-refractivity contribution in [3.05, 3.63) is 39.3 Å². The van der Waals surface area contributed by atoms with Gasteiger partial charge in [0.05, 0.1) is 0 Å². The van der Waals surface area contributed by atoms with Crippen molar-refractivity contribution in [1.29, 1.82) is 0 Å². The van der Waals surface area contributed by atoms with Gasteiger partial charge in [0, 0.05) is 17.5 Å². The molecule has 0 atom stereocenters. The van der Waals surface area contributed by atoms with E-state index in [-0.39, 0.29) is 0 Å². The normalized spacial score (nSPS) is 10.7. The lowest BCUT2D eigenvalue weighted by Crippen LogP contribution is -2.02. The number of rotatable bonds is 2. The minimum atomic E-state index is 0.655. The number of aromatic amines is 1. The van der Waals surface area contributed by atoms with Crippen molar-refractivity contribution < 1.29 is 0 Å². The molecule has 0 saturated heterocycles. The van der Waals surface area contributed by atoms with Crippen LogP contribution in [0.2, 0.25) is 0 Å². The van der Waals surface area contributed by atoms with Gasteiger partial charge >= 0.3 is 0 Å². The Labute approximate surface area is 112 Å². The van der Waals surface area contributed by atoms with Gasteiger partial charge in [-0.25, -0.2) is 4.98 Å². The van der Waals surface area contributed by atoms with E-state index in [0.717, 1.165) is 40.3 Å². The molecule has 0 amide bonds. The third-order valence-electron chi connectivity index (χ3n) is 3.05. The lowest BCUT2D eigenvalue weighted by atomic mass is 10.1. The van der Waals surface area contributed by atoms with E-state index in [4.69, 9.17) is 12.2 Å². The first-order valence-corrected chi connectivity index (χ1v) is 6.47. The lowest BCUT2D eigenvalue weighted by molar-refractivity contribution is 0.960. The first kappa shape index (κ1) is 12.9. The Morgan fingerprint density at radius 3 is 2.61 bits per heavy atom. The average Bonchev–Trinajstić information content (AvgIpc) is 2.32. The zero-order valence-electron chi connectivity index (χ0n) is 11.2. The van der Waals surface area contributed by atoms with Gasteiger partial charge in [0.2, 0.25) is 0 Å². The van der Waals surface area contributed by atoms with Gasteiger partial charge < -0.3 is 4.98 Å². The fourth-order valence-electron chi connectivity index (χ4n) is 2.01. The van der Waals surface area contributed by atoms with Gasteiger partial charge in [-0.15, -0.1) is 0 Å². The van der Waals surface area contributed by atoms with Crippen molar-refractivity contribution in [2.45, 2.75) is 34.1 Å². The molecule has 1 N–H and O–H groups in total. The Morgan fingerprint density at radius 2 is 2.00 bits per heavy atom. The zero-order chi connectivity index (χ0) is 13.3. The zero-order valence-corrected chi connectivity index (χ0v) is 12.0. The first-order valence-electron chi connectivity index (χ1n) is 6.06. The van der Waals surface area contributed by atoms with Crippen LogP contribution in [0.25, 0.3) is 11.5 Å². The fourth-order valence-corrected chi connectivity index (χ4v) is 2.22. The van der Waals surface area contributed by atoms with Crippen LogP contribution >= 0.6 is 12.2 Å². The summed E-state index contributed by atoms with van der Waals surface area (Å²) in [5.74, 6) is 0.764. The molecular formula is C14H17N3S. The third kappa shape index (κ3) is 2.34. The van der Waals surface area contributed by atoms with Gasteiger partial charge in [-0.05, 0) is 38.3 Å². The molecule has 0 unspecified atom stereocenters. The highest BCUT2D eigenvalue weighted by molar-refractivity contribution is 7.71. The van der Waals surface area contributed by atoms with Gasteiger partial charge in [-0.3, -0.25) is 4.98 Å². The molecule has 0 aliphatic rings. The molecule has 4 heteroatoms. The Bertz CT molecular complexity index is 644. The van der Waals surface area contributed by atoms with E-state index in [0.29, 0.717) is 4.64 Å². The second kappa shape index (κ2) is 4.98. The molecule has 0 fully saturated rings. The molecule has 0 radical (unpaired) electrons. The minimum Gasteiger partial charge on any atom is -0.342 e. The molecule has 0 aromatic carbocycles. The van der Waals surface area contributed by atoms with E-state index in [9.17, 15) is 0 Å². The molecule has 2 rings (SSSR count). The third-order valence-corrected chi connectivity index (χ3v) is 3.45. The van der Waals surface area contributed by atoms with Gasteiger partial charge in [0.1, 0.15) is 10.3 Å². The average molecular weight is 259 g/mol. The Kier molecular flexibility index (Phi) is 3.57. The van der Waals surface area contributed by atoms with Crippen LogP contribution in [0.3, 0.4) is 0 Å². The molecular weight excluding hydrogens is 242 g/mol. The number of hydrogen-bond acceptors (Lipinski definition) is 3. The Morgan fingerprint density at radius 1 is 1.28 bits per heavy atom. The Balaban J connectivity index is 2.64. The van der Waals surface area contributed by atoms with Crippen LogP contribution < -0.4 is 0 Å². The second-order valence-corrected chi connectivity index (χ2v) is 4.91. The summed E-state index contributed by atoms with van der Waals surface area (Å²) < 4.78 is 0.655. The minimum absolute atomic E-state index is 0.655. The number of aromatic nitrogens is 3. The number of aryl methyl sites for hydroxylation is 3. The summed E-state index contributed by atoms with van der Waals surface area (Å²) >= 11 is 5.30. The van der Waals surface area contributed by atoms with Crippen LogP contribution in [0.5, 0.6) is 0 Å². The largest absolute Gasteiger partial charge is 0.342 e. The van der Waals surface area contributed by atoms with E-state index >= 15 is 0 Å². The van der Waals surface area contributed by atoms with E-state index in [1.807, 2.05) is 27.0 Å². The summed E-state index contributed by atoms with van der Waals surface area (Å²) in [5, 5.41) is 0. The Hall–Kier alpha value is -1.55.